The average Bonchev–Trinajstić information content (AvgIpc) is 3.09. The van der Waals surface area contributed by atoms with Crippen LogP contribution >= 0.6 is 0 Å². The molecular weight excluding hydrogens is 210 g/mol. The molecule has 1 heterocycles. The van der Waals surface area contributed by atoms with Gasteiger partial charge in [0.05, 0.1) is 6.17 Å². The number of rotatable bonds is 3. The van der Waals surface area contributed by atoms with Gasteiger partial charge in [-0.25, -0.2) is 0 Å². The van der Waals surface area contributed by atoms with Crippen molar-refractivity contribution in [2.75, 3.05) is 7.05 Å². The molecule has 2 aliphatic rings. The van der Waals surface area contributed by atoms with Crippen LogP contribution in [0.4, 0.5) is 0 Å². The number of likely N-dealkylation sites (N-methyl/N-ethyl adjacent to an activating group) is 1. The van der Waals surface area contributed by atoms with Crippen molar-refractivity contribution in [2.45, 2.75) is 70.1 Å². The summed E-state index contributed by atoms with van der Waals surface area (Å²) in [7, 11) is 2.01. The molecule has 0 aromatic rings. The zero-order chi connectivity index (χ0) is 11.9. The Hall–Kier alpha value is -0.540. The summed E-state index contributed by atoms with van der Waals surface area (Å²) in [4.78, 5) is 0. The maximum absolute atomic E-state index is 3.62. The Kier molecular flexibility index (Phi) is 5.33. The Morgan fingerprint density at radius 3 is 2.41 bits per heavy atom. The minimum absolute atomic E-state index is 0.455. The monoisotopic (exact) mass is 237 g/mol. The van der Waals surface area contributed by atoms with Crippen molar-refractivity contribution in [2.24, 2.45) is 0 Å². The van der Waals surface area contributed by atoms with E-state index in [2.05, 4.69) is 22.0 Å². The van der Waals surface area contributed by atoms with Gasteiger partial charge in [-0.3, -0.25) is 5.32 Å². The molecule has 98 valence electrons. The second kappa shape index (κ2) is 7.02. The molecule has 2 unspecified atom stereocenters. The van der Waals surface area contributed by atoms with Crippen LogP contribution < -0.4 is 16.0 Å². The van der Waals surface area contributed by atoms with Crippen molar-refractivity contribution in [1.82, 2.24) is 16.0 Å². The second-order valence-corrected chi connectivity index (χ2v) is 5.30. The van der Waals surface area contributed by atoms with Gasteiger partial charge >= 0.3 is 0 Å². The first-order valence-electron chi connectivity index (χ1n) is 7.29. The summed E-state index contributed by atoms with van der Waals surface area (Å²) in [6.07, 6.45) is 15.6. The van der Waals surface area contributed by atoms with E-state index in [0.29, 0.717) is 12.3 Å². The Balaban J connectivity index is 1.77. The highest BCUT2D eigenvalue weighted by Crippen LogP contribution is 2.17. The van der Waals surface area contributed by atoms with Crippen molar-refractivity contribution in [3.63, 3.8) is 0 Å². The van der Waals surface area contributed by atoms with Gasteiger partial charge in [0.1, 0.15) is 6.17 Å². The van der Waals surface area contributed by atoms with Crippen LogP contribution in [0.1, 0.15) is 57.8 Å². The fraction of sp³-hybridized carbons (Fsp3) is 0.857. The molecule has 0 amide bonds. The van der Waals surface area contributed by atoms with Gasteiger partial charge in [-0.05, 0) is 32.7 Å². The minimum atomic E-state index is 0.455. The Morgan fingerprint density at radius 1 is 1.00 bits per heavy atom. The fourth-order valence-electron chi connectivity index (χ4n) is 2.57. The van der Waals surface area contributed by atoms with E-state index >= 15 is 0 Å². The van der Waals surface area contributed by atoms with Gasteiger partial charge in [0.2, 0.25) is 0 Å². The van der Waals surface area contributed by atoms with Gasteiger partial charge in [0.25, 0.3) is 0 Å². The number of hydrogen-bond acceptors (Lipinski definition) is 3. The molecule has 17 heavy (non-hydrogen) atoms. The van der Waals surface area contributed by atoms with E-state index in [9.17, 15) is 0 Å². The zero-order valence-corrected chi connectivity index (χ0v) is 11.1. The molecule has 0 spiro atoms. The van der Waals surface area contributed by atoms with Gasteiger partial charge in [-0.1, -0.05) is 38.2 Å². The summed E-state index contributed by atoms with van der Waals surface area (Å²) in [6, 6.07) is 0. The van der Waals surface area contributed by atoms with E-state index < -0.39 is 0 Å². The molecule has 0 aromatic heterocycles. The van der Waals surface area contributed by atoms with Gasteiger partial charge in [-0.15, -0.1) is 0 Å². The molecule has 3 nitrogen and oxygen atoms in total. The maximum Gasteiger partial charge on any atom is 0.107 e. The van der Waals surface area contributed by atoms with Crippen molar-refractivity contribution in [3.8, 4) is 0 Å². The molecule has 0 saturated carbocycles. The molecule has 1 aliphatic heterocycles. The standard InChI is InChI=1S/C14H27N3/c1-15-13-14(17-13)16-12-10-8-6-4-2-3-5-7-9-11-12/h10,13-17H,2-9,11H2,1H3/b12-10+. The highest BCUT2D eigenvalue weighted by Gasteiger charge is 2.34. The van der Waals surface area contributed by atoms with Crippen LogP contribution in [0.15, 0.2) is 11.8 Å². The van der Waals surface area contributed by atoms with Crippen LogP contribution in [0, 0.1) is 0 Å². The first-order chi connectivity index (χ1) is 8.40. The predicted molar refractivity (Wildman–Crippen MR) is 72.5 cm³/mol. The van der Waals surface area contributed by atoms with Crippen molar-refractivity contribution in [3.05, 3.63) is 11.8 Å². The summed E-state index contributed by atoms with van der Waals surface area (Å²) in [6.45, 7) is 0. The normalized spacial score (nSPS) is 34.3. The zero-order valence-electron chi connectivity index (χ0n) is 11.1. The largest absolute Gasteiger partial charge is 0.371 e. The average molecular weight is 237 g/mol. The maximum atomic E-state index is 3.62. The van der Waals surface area contributed by atoms with Crippen molar-refractivity contribution in [1.29, 1.82) is 0 Å². The van der Waals surface area contributed by atoms with E-state index in [1.165, 1.54) is 63.5 Å². The summed E-state index contributed by atoms with van der Waals surface area (Å²) in [5, 5.41) is 10.2. The van der Waals surface area contributed by atoms with Gasteiger partial charge in [0, 0.05) is 5.70 Å². The molecule has 3 heteroatoms. The Labute approximate surface area is 105 Å². The van der Waals surface area contributed by atoms with E-state index in [-0.39, 0.29) is 0 Å². The lowest BCUT2D eigenvalue weighted by Crippen LogP contribution is -2.24. The van der Waals surface area contributed by atoms with Gasteiger partial charge in [0.15, 0.2) is 0 Å². The number of nitrogens with one attached hydrogen (secondary N) is 3. The third-order valence-electron chi connectivity index (χ3n) is 3.78. The lowest BCUT2D eigenvalue weighted by Gasteiger charge is -2.10. The Bertz CT molecular complexity index is 250. The molecule has 0 radical (unpaired) electrons. The summed E-state index contributed by atoms with van der Waals surface area (Å²) < 4.78 is 0. The highest BCUT2D eigenvalue weighted by atomic mass is 15.4. The van der Waals surface area contributed by atoms with Gasteiger partial charge < -0.3 is 10.6 Å². The van der Waals surface area contributed by atoms with Crippen LogP contribution in [0.5, 0.6) is 0 Å². The van der Waals surface area contributed by atoms with E-state index in [0.717, 1.165) is 0 Å². The van der Waals surface area contributed by atoms with Crippen molar-refractivity contribution >= 4 is 0 Å². The van der Waals surface area contributed by atoms with Crippen LogP contribution in [-0.4, -0.2) is 19.4 Å². The molecule has 1 saturated heterocycles. The third kappa shape index (κ3) is 4.68. The van der Waals surface area contributed by atoms with Crippen LogP contribution in [0.3, 0.4) is 0 Å². The summed E-state index contributed by atoms with van der Waals surface area (Å²) in [5.74, 6) is 0. The molecule has 2 atom stereocenters. The van der Waals surface area contributed by atoms with Gasteiger partial charge in [-0.2, -0.15) is 0 Å². The van der Waals surface area contributed by atoms with Crippen LogP contribution in [-0.2, 0) is 0 Å². The number of allylic oxidation sites excluding steroid dienone is 2. The Morgan fingerprint density at radius 2 is 1.71 bits per heavy atom. The van der Waals surface area contributed by atoms with E-state index in [1.807, 2.05) is 7.05 Å². The van der Waals surface area contributed by atoms with E-state index in [4.69, 9.17) is 0 Å². The topological polar surface area (TPSA) is 46.0 Å². The van der Waals surface area contributed by atoms with E-state index in [1.54, 1.807) is 0 Å². The first kappa shape index (κ1) is 12.9. The molecule has 2 rings (SSSR count). The summed E-state index contributed by atoms with van der Waals surface area (Å²) in [5.41, 5.74) is 1.46. The van der Waals surface area contributed by atoms with Crippen LogP contribution in [0.2, 0.25) is 0 Å². The summed E-state index contributed by atoms with van der Waals surface area (Å²) >= 11 is 0. The molecular formula is C14H27N3. The lowest BCUT2D eigenvalue weighted by atomic mass is 10.1. The van der Waals surface area contributed by atoms with Crippen LogP contribution in [0.25, 0.3) is 0 Å². The predicted octanol–water partition coefficient (Wildman–Crippen LogP) is 2.46. The highest BCUT2D eigenvalue weighted by molar-refractivity contribution is 5.07. The third-order valence-corrected chi connectivity index (χ3v) is 3.78. The number of hydrogen-bond donors (Lipinski definition) is 3. The minimum Gasteiger partial charge on any atom is -0.371 e. The molecule has 0 bridgehead atoms. The second-order valence-electron chi connectivity index (χ2n) is 5.30. The fourth-order valence-corrected chi connectivity index (χ4v) is 2.57. The van der Waals surface area contributed by atoms with Crippen molar-refractivity contribution < 1.29 is 0 Å². The smallest absolute Gasteiger partial charge is 0.107 e. The first-order valence-corrected chi connectivity index (χ1v) is 7.29. The lowest BCUT2D eigenvalue weighted by molar-refractivity contribution is 0.581. The molecule has 0 aromatic carbocycles. The molecule has 1 aliphatic carbocycles. The SMILES string of the molecule is CNC1NC1N/C1=C/CCCCCCCCC1. The molecule has 1 fully saturated rings. The quantitative estimate of drug-likeness (QED) is 0.661. The molecule has 3 N–H and O–H groups in total.